The molecular weight excluding hydrogens is 254 g/mol. The number of aromatic nitrogens is 2. The summed E-state index contributed by atoms with van der Waals surface area (Å²) >= 11 is 0. The summed E-state index contributed by atoms with van der Waals surface area (Å²) in [6.07, 6.45) is 1.79. The number of carbonyl (C=O) groups is 1. The lowest BCUT2D eigenvalue weighted by molar-refractivity contribution is 0.206. The number of amides is 2. The van der Waals surface area contributed by atoms with Crippen LogP contribution in [-0.4, -0.2) is 66.8 Å². The second-order valence-corrected chi connectivity index (χ2v) is 5.47. The van der Waals surface area contributed by atoms with E-state index in [0.717, 1.165) is 37.3 Å². The molecule has 6 heteroatoms. The molecule has 0 bridgehead atoms. The summed E-state index contributed by atoms with van der Waals surface area (Å²) in [7, 11) is 5.91. The SMILES string of the molecule is Cc1n[nH]c(C)c1CCNC(=O)N(C)CCCN(C)C. The highest BCUT2D eigenvalue weighted by atomic mass is 16.2. The highest BCUT2D eigenvalue weighted by Crippen LogP contribution is 2.09. The third-order valence-electron chi connectivity index (χ3n) is 3.38. The first-order chi connectivity index (χ1) is 9.41. The van der Waals surface area contributed by atoms with Gasteiger partial charge < -0.3 is 15.1 Å². The summed E-state index contributed by atoms with van der Waals surface area (Å²) < 4.78 is 0. The van der Waals surface area contributed by atoms with Crippen molar-refractivity contribution in [2.45, 2.75) is 26.7 Å². The van der Waals surface area contributed by atoms with Gasteiger partial charge in [0, 0.05) is 25.8 Å². The van der Waals surface area contributed by atoms with Gasteiger partial charge in [0.15, 0.2) is 0 Å². The van der Waals surface area contributed by atoms with E-state index in [9.17, 15) is 4.79 Å². The van der Waals surface area contributed by atoms with Crippen molar-refractivity contribution in [1.29, 1.82) is 0 Å². The lowest BCUT2D eigenvalue weighted by Gasteiger charge is -2.19. The van der Waals surface area contributed by atoms with E-state index in [1.165, 1.54) is 5.56 Å². The first-order valence-electron chi connectivity index (χ1n) is 7.06. The molecule has 0 saturated carbocycles. The minimum atomic E-state index is -0.0115. The summed E-state index contributed by atoms with van der Waals surface area (Å²) in [4.78, 5) is 15.8. The molecule has 0 fully saturated rings. The van der Waals surface area contributed by atoms with Crippen LogP contribution in [0.4, 0.5) is 4.79 Å². The Kier molecular flexibility index (Phi) is 6.51. The van der Waals surface area contributed by atoms with E-state index in [0.29, 0.717) is 6.54 Å². The van der Waals surface area contributed by atoms with Crippen LogP contribution in [0, 0.1) is 13.8 Å². The molecule has 1 heterocycles. The Hall–Kier alpha value is -1.56. The predicted octanol–water partition coefficient (Wildman–Crippen LogP) is 1.16. The lowest BCUT2D eigenvalue weighted by atomic mass is 10.1. The number of carbonyl (C=O) groups excluding carboxylic acids is 1. The number of aryl methyl sites for hydroxylation is 2. The number of H-pyrrole nitrogens is 1. The van der Waals surface area contributed by atoms with Crippen molar-refractivity contribution in [3.63, 3.8) is 0 Å². The number of aromatic amines is 1. The van der Waals surface area contributed by atoms with Crippen molar-refractivity contribution in [2.75, 3.05) is 40.8 Å². The van der Waals surface area contributed by atoms with Gasteiger partial charge in [-0.25, -0.2) is 4.79 Å². The molecule has 0 unspecified atom stereocenters. The van der Waals surface area contributed by atoms with Crippen LogP contribution in [0.25, 0.3) is 0 Å². The molecule has 114 valence electrons. The van der Waals surface area contributed by atoms with E-state index in [4.69, 9.17) is 0 Å². The number of urea groups is 1. The van der Waals surface area contributed by atoms with Gasteiger partial charge in [0.05, 0.1) is 5.69 Å². The van der Waals surface area contributed by atoms with Crippen molar-refractivity contribution in [1.82, 2.24) is 25.3 Å². The molecule has 2 N–H and O–H groups in total. The summed E-state index contributed by atoms with van der Waals surface area (Å²) in [5.41, 5.74) is 3.28. The van der Waals surface area contributed by atoms with E-state index in [2.05, 4.69) is 20.4 Å². The van der Waals surface area contributed by atoms with Crippen LogP contribution >= 0.6 is 0 Å². The minimum absolute atomic E-state index is 0.0115. The predicted molar refractivity (Wildman–Crippen MR) is 81.0 cm³/mol. The van der Waals surface area contributed by atoms with E-state index in [1.54, 1.807) is 4.90 Å². The topological polar surface area (TPSA) is 64.3 Å². The second-order valence-electron chi connectivity index (χ2n) is 5.47. The molecule has 2 amide bonds. The summed E-state index contributed by atoms with van der Waals surface area (Å²) in [5.74, 6) is 0. The molecule has 0 radical (unpaired) electrons. The van der Waals surface area contributed by atoms with Gasteiger partial charge >= 0.3 is 6.03 Å². The molecule has 0 aliphatic rings. The third-order valence-corrected chi connectivity index (χ3v) is 3.38. The quantitative estimate of drug-likeness (QED) is 0.788. The van der Waals surface area contributed by atoms with E-state index in [1.807, 2.05) is 35.0 Å². The number of rotatable bonds is 7. The fraction of sp³-hybridized carbons (Fsp3) is 0.714. The van der Waals surface area contributed by atoms with E-state index >= 15 is 0 Å². The average molecular weight is 281 g/mol. The minimum Gasteiger partial charge on any atom is -0.338 e. The maximum Gasteiger partial charge on any atom is 0.317 e. The Morgan fingerprint density at radius 3 is 2.50 bits per heavy atom. The number of hydrogen-bond acceptors (Lipinski definition) is 3. The van der Waals surface area contributed by atoms with Gasteiger partial charge in [-0.1, -0.05) is 0 Å². The summed E-state index contributed by atoms with van der Waals surface area (Å²) in [5, 5.41) is 10.1. The molecular formula is C14H27N5O. The average Bonchev–Trinajstić information content (AvgIpc) is 2.69. The first-order valence-corrected chi connectivity index (χ1v) is 7.06. The molecule has 6 nitrogen and oxygen atoms in total. The maximum atomic E-state index is 11.9. The van der Waals surface area contributed by atoms with Crippen LogP contribution in [0.5, 0.6) is 0 Å². The van der Waals surface area contributed by atoms with Gasteiger partial charge in [-0.3, -0.25) is 5.10 Å². The van der Waals surface area contributed by atoms with Crippen LogP contribution in [0.2, 0.25) is 0 Å². The van der Waals surface area contributed by atoms with Crippen molar-refractivity contribution < 1.29 is 4.79 Å². The fourth-order valence-electron chi connectivity index (χ4n) is 2.10. The van der Waals surface area contributed by atoms with Crippen LogP contribution in [0.15, 0.2) is 0 Å². The zero-order chi connectivity index (χ0) is 15.1. The summed E-state index contributed by atoms with van der Waals surface area (Å²) in [6.45, 7) is 6.38. The molecule has 0 aliphatic carbocycles. The Morgan fingerprint density at radius 2 is 1.95 bits per heavy atom. The van der Waals surface area contributed by atoms with Crippen LogP contribution in [0.1, 0.15) is 23.4 Å². The highest BCUT2D eigenvalue weighted by Gasteiger charge is 2.09. The van der Waals surface area contributed by atoms with Crippen LogP contribution < -0.4 is 5.32 Å². The van der Waals surface area contributed by atoms with Crippen molar-refractivity contribution in [3.8, 4) is 0 Å². The lowest BCUT2D eigenvalue weighted by Crippen LogP contribution is -2.39. The normalized spacial score (nSPS) is 10.9. The molecule has 1 aromatic heterocycles. The third kappa shape index (κ3) is 5.21. The number of nitrogens with one attached hydrogen (secondary N) is 2. The molecule has 0 spiro atoms. The monoisotopic (exact) mass is 281 g/mol. The van der Waals surface area contributed by atoms with Crippen LogP contribution in [-0.2, 0) is 6.42 Å². The molecule has 20 heavy (non-hydrogen) atoms. The molecule has 0 aliphatic heterocycles. The largest absolute Gasteiger partial charge is 0.338 e. The van der Waals surface area contributed by atoms with Crippen LogP contribution in [0.3, 0.4) is 0 Å². The zero-order valence-corrected chi connectivity index (χ0v) is 13.3. The Bertz CT molecular complexity index is 408. The molecule has 0 atom stereocenters. The first kappa shape index (κ1) is 16.5. The maximum absolute atomic E-state index is 11.9. The van der Waals surface area contributed by atoms with Gasteiger partial charge in [0.25, 0.3) is 0 Å². The van der Waals surface area contributed by atoms with Gasteiger partial charge in [-0.05, 0) is 52.9 Å². The van der Waals surface area contributed by atoms with Crippen molar-refractivity contribution >= 4 is 6.03 Å². The molecule has 0 aromatic carbocycles. The number of nitrogens with zero attached hydrogens (tertiary/aromatic N) is 3. The smallest absolute Gasteiger partial charge is 0.317 e. The fourth-order valence-corrected chi connectivity index (χ4v) is 2.10. The van der Waals surface area contributed by atoms with Gasteiger partial charge in [0.2, 0.25) is 0 Å². The second kappa shape index (κ2) is 7.89. The number of hydrogen-bond donors (Lipinski definition) is 2. The molecule has 0 saturated heterocycles. The summed E-state index contributed by atoms with van der Waals surface area (Å²) in [6, 6.07) is -0.0115. The Balaban J connectivity index is 2.26. The molecule has 1 aromatic rings. The zero-order valence-electron chi connectivity index (χ0n) is 13.3. The van der Waals surface area contributed by atoms with E-state index in [-0.39, 0.29) is 6.03 Å². The van der Waals surface area contributed by atoms with E-state index < -0.39 is 0 Å². The molecule has 1 rings (SSSR count). The van der Waals surface area contributed by atoms with Gasteiger partial charge in [-0.15, -0.1) is 0 Å². The Morgan fingerprint density at radius 1 is 1.25 bits per heavy atom. The standard InChI is InChI=1S/C14H27N5O/c1-11-13(12(2)17-16-11)7-8-15-14(20)19(5)10-6-9-18(3)4/h6-10H2,1-5H3,(H,15,20)(H,16,17). The van der Waals surface area contributed by atoms with Gasteiger partial charge in [-0.2, -0.15) is 5.10 Å². The van der Waals surface area contributed by atoms with Crippen molar-refractivity contribution in [3.05, 3.63) is 17.0 Å². The van der Waals surface area contributed by atoms with Crippen molar-refractivity contribution in [2.24, 2.45) is 0 Å². The highest BCUT2D eigenvalue weighted by molar-refractivity contribution is 5.73. The Labute approximate surface area is 121 Å². The van der Waals surface area contributed by atoms with Gasteiger partial charge in [0.1, 0.15) is 0 Å².